The number of nitrogens with one attached hydrogen (secondary N) is 1. The van der Waals surface area contributed by atoms with Crippen LogP contribution in [0.15, 0.2) is 24.3 Å². The van der Waals surface area contributed by atoms with E-state index in [4.69, 9.17) is 0 Å². The summed E-state index contributed by atoms with van der Waals surface area (Å²) in [5.74, 6) is -0.266. The van der Waals surface area contributed by atoms with E-state index in [0.717, 1.165) is 5.01 Å². The van der Waals surface area contributed by atoms with E-state index in [0.29, 0.717) is 30.2 Å². The number of anilines is 2. The number of hydrogen-bond donors (Lipinski definition) is 1. The molecule has 6 nitrogen and oxygen atoms in total. The van der Waals surface area contributed by atoms with Crippen LogP contribution in [0.1, 0.15) is 37.6 Å². The number of nitrogens with zero attached hydrogens (tertiary/aromatic N) is 3. The minimum Gasteiger partial charge on any atom is -0.312 e. The van der Waals surface area contributed by atoms with Crippen LogP contribution in [0.3, 0.4) is 0 Å². The van der Waals surface area contributed by atoms with Gasteiger partial charge in [0.15, 0.2) is 0 Å². The first kappa shape index (κ1) is 17.5. The topological polar surface area (TPSA) is 75.2 Å². The van der Waals surface area contributed by atoms with Gasteiger partial charge in [0.1, 0.15) is 10.8 Å². The summed E-state index contributed by atoms with van der Waals surface area (Å²) in [6.45, 7) is 4.41. The van der Waals surface area contributed by atoms with Crippen molar-refractivity contribution in [1.82, 2.24) is 10.2 Å². The maximum Gasteiger partial charge on any atom is 0.227 e. The largest absolute Gasteiger partial charge is 0.312 e. The Labute approximate surface area is 149 Å². The van der Waals surface area contributed by atoms with Gasteiger partial charge >= 0.3 is 0 Å². The molecule has 1 aliphatic rings. The highest BCUT2D eigenvalue weighted by Crippen LogP contribution is 2.34. The minimum atomic E-state index is -0.335. The zero-order valence-corrected chi connectivity index (χ0v) is 14.8. The summed E-state index contributed by atoms with van der Waals surface area (Å²) >= 11 is 1.29. The summed E-state index contributed by atoms with van der Waals surface area (Å²) in [6, 6.07) is 5.85. The lowest BCUT2D eigenvalue weighted by molar-refractivity contribution is -0.117. The summed E-state index contributed by atoms with van der Waals surface area (Å²) in [5, 5.41) is 12.0. The van der Waals surface area contributed by atoms with Gasteiger partial charge in [0.25, 0.3) is 0 Å². The van der Waals surface area contributed by atoms with Crippen LogP contribution in [0.2, 0.25) is 0 Å². The molecule has 0 radical (unpaired) electrons. The standard InChI is InChI=1S/C17H19FN4O2S/c1-10(2)7-14(23)19-17-21-20-16(25-17)11-8-15(24)22(9-11)13-5-3-12(18)4-6-13/h3-6,10-11H,7-9H2,1-2H3,(H,19,21,23). The molecule has 1 aromatic carbocycles. The molecule has 8 heteroatoms. The zero-order valence-electron chi connectivity index (χ0n) is 14.0. The first-order valence-electron chi connectivity index (χ1n) is 8.11. The Kier molecular flexibility index (Phi) is 5.08. The van der Waals surface area contributed by atoms with Crippen LogP contribution in [0, 0.1) is 11.7 Å². The molecule has 0 bridgehead atoms. The highest BCUT2D eigenvalue weighted by atomic mass is 32.1. The van der Waals surface area contributed by atoms with E-state index >= 15 is 0 Å². The van der Waals surface area contributed by atoms with Crippen molar-refractivity contribution in [3.63, 3.8) is 0 Å². The zero-order chi connectivity index (χ0) is 18.0. The normalized spacial score (nSPS) is 17.4. The van der Waals surface area contributed by atoms with Crippen LogP contribution in [-0.4, -0.2) is 28.6 Å². The van der Waals surface area contributed by atoms with E-state index in [9.17, 15) is 14.0 Å². The Morgan fingerprint density at radius 1 is 1.36 bits per heavy atom. The van der Waals surface area contributed by atoms with Gasteiger partial charge in [-0.2, -0.15) is 0 Å². The summed E-state index contributed by atoms with van der Waals surface area (Å²) in [6.07, 6.45) is 0.751. The Balaban J connectivity index is 1.66. The second-order valence-electron chi connectivity index (χ2n) is 6.47. The van der Waals surface area contributed by atoms with Crippen molar-refractivity contribution >= 4 is 34.0 Å². The molecule has 1 N–H and O–H groups in total. The van der Waals surface area contributed by atoms with Gasteiger partial charge in [0, 0.05) is 31.0 Å². The number of halogens is 1. The smallest absolute Gasteiger partial charge is 0.227 e. The number of benzene rings is 1. The number of aromatic nitrogens is 2. The quantitative estimate of drug-likeness (QED) is 0.886. The number of carbonyl (C=O) groups is 2. The van der Waals surface area contributed by atoms with Gasteiger partial charge in [0.2, 0.25) is 16.9 Å². The summed E-state index contributed by atoms with van der Waals surface area (Å²) in [5.41, 5.74) is 0.670. The van der Waals surface area contributed by atoms with Crippen LogP contribution >= 0.6 is 11.3 Å². The van der Waals surface area contributed by atoms with E-state index < -0.39 is 0 Å². The number of rotatable bonds is 5. The van der Waals surface area contributed by atoms with Crippen molar-refractivity contribution in [2.45, 2.75) is 32.6 Å². The van der Waals surface area contributed by atoms with Crippen LogP contribution < -0.4 is 10.2 Å². The third-order valence-electron chi connectivity index (χ3n) is 3.89. The SMILES string of the molecule is CC(C)CC(=O)Nc1nnc(C2CC(=O)N(c3ccc(F)cc3)C2)s1. The molecular formula is C17H19FN4O2S. The van der Waals surface area contributed by atoms with Gasteiger partial charge < -0.3 is 10.2 Å². The molecule has 2 aromatic rings. The van der Waals surface area contributed by atoms with Gasteiger partial charge in [-0.15, -0.1) is 10.2 Å². The molecule has 1 atom stereocenters. The van der Waals surface area contributed by atoms with Crippen molar-refractivity contribution < 1.29 is 14.0 Å². The molecule has 0 spiro atoms. The molecule has 0 aliphatic carbocycles. The maximum absolute atomic E-state index is 13.0. The Morgan fingerprint density at radius 2 is 2.08 bits per heavy atom. The van der Waals surface area contributed by atoms with Gasteiger partial charge in [-0.3, -0.25) is 9.59 Å². The van der Waals surface area contributed by atoms with Crippen LogP contribution in [-0.2, 0) is 9.59 Å². The molecule has 2 amide bonds. The van der Waals surface area contributed by atoms with Crippen LogP contribution in [0.25, 0.3) is 0 Å². The lowest BCUT2D eigenvalue weighted by Crippen LogP contribution is -2.24. The average Bonchev–Trinajstić information content (AvgIpc) is 3.14. The Hall–Kier alpha value is -2.35. The molecule has 25 heavy (non-hydrogen) atoms. The molecule has 0 saturated carbocycles. The van der Waals surface area contributed by atoms with Crippen molar-refractivity contribution in [2.24, 2.45) is 5.92 Å². The monoisotopic (exact) mass is 362 g/mol. The maximum atomic E-state index is 13.0. The fraction of sp³-hybridized carbons (Fsp3) is 0.412. The first-order valence-corrected chi connectivity index (χ1v) is 8.93. The fourth-order valence-corrected chi connectivity index (χ4v) is 3.59. The van der Waals surface area contributed by atoms with Gasteiger partial charge in [0.05, 0.1) is 0 Å². The number of amides is 2. The number of carbonyl (C=O) groups excluding carboxylic acids is 2. The number of hydrogen-bond acceptors (Lipinski definition) is 5. The van der Waals surface area contributed by atoms with Crippen molar-refractivity contribution in [2.75, 3.05) is 16.8 Å². The Bertz CT molecular complexity index is 775. The molecule has 132 valence electrons. The van der Waals surface area contributed by atoms with E-state index in [2.05, 4.69) is 15.5 Å². The van der Waals surface area contributed by atoms with Crippen LogP contribution in [0.4, 0.5) is 15.2 Å². The highest BCUT2D eigenvalue weighted by Gasteiger charge is 2.34. The molecule has 3 rings (SSSR count). The third-order valence-corrected chi connectivity index (χ3v) is 4.89. The van der Waals surface area contributed by atoms with E-state index in [1.54, 1.807) is 17.0 Å². The average molecular weight is 362 g/mol. The Morgan fingerprint density at radius 3 is 2.76 bits per heavy atom. The fourth-order valence-electron chi connectivity index (χ4n) is 2.73. The second kappa shape index (κ2) is 7.26. The molecular weight excluding hydrogens is 343 g/mol. The summed E-state index contributed by atoms with van der Waals surface area (Å²) in [4.78, 5) is 25.7. The van der Waals surface area contributed by atoms with Crippen molar-refractivity contribution in [3.8, 4) is 0 Å². The van der Waals surface area contributed by atoms with E-state index in [1.165, 1.54) is 23.5 Å². The first-order chi connectivity index (χ1) is 11.9. The van der Waals surface area contributed by atoms with Crippen molar-refractivity contribution in [3.05, 3.63) is 35.1 Å². The molecule has 1 aliphatic heterocycles. The summed E-state index contributed by atoms with van der Waals surface area (Å²) in [7, 11) is 0. The lowest BCUT2D eigenvalue weighted by Gasteiger charge is -2.16. The van der Waals surface area contributed by atoms with E-state index in [1.807, 2.05) is 13.8 Å². The van der Waals surface area contributed by atoms with Crippen molar-refractivity contribution in [1.29, 1.82) is 0 Å². The molecule has 1 saturated heterocycles. The lowest BCUT2D eigenvalue weighted by atomic mass is 10.1. The molecule has 1 unspecified atom stereocenters. The van der Waals surface area contributed by atoms with Gasteiger partial charge in [-0.25, -0.2) is 4.39 Å². The predicted octanol–water partition coefficient (Wildman–Crippen LogP) is 3.18. The second-order valence-corrected chi connectivity index (χ2v) is 7.48. The molecule has 2 heterocycles. The highest BCUT2D eigenvalue weighted by molar-refractivity contribution is 7.15. The third kappa shape index (κ3) is 4.19. The van der Waals surface area contributed by atoms with Crippen LogP contribution in [0.5, 0.6) is 0 Å². The van der Waals surface area contributed by atoms with Gasteiger partial charge in [-0.05, 0) is 30.2 Å². The molecule has 1 aromatic heterocycles. The van der Waals surface area contributed by atoms with Gasteiger partial charge in [-0.1, -0.05) is 25.2 Å². The minimum absolute atomic E-state index is 0.0304. The molecule has 1 fully saturated rings. The predicted molar refractivity (Wildman–Crippen MR) is 94.1 cm³/mol. The van der Waals surface area contributed by atoms with E-state index in [-0.39, 0.29) is 29.5 Å². The summed E-state index contributed by atoms with van der Waals surface area (Å²) < 4.78 is 13.0.